The molecule has 2 aromatic carbocycles. The van der Waals surface area contributed by atoms with Crippen LogP contribution < -0.4 is 14.8 Å². The molecule has 0 aliphatic carbocycles. The number of ether oxygens (including phenoxy) is 2. The number of hydrogen-bond acceptors (Lipinski definition) is 4. The molecule has 1 aliphatic heterocycles. The summed E-state index contributed by atoms with van der Waals surface area (Å²) in [6.07, 6.45) is 4.38. The lowest BCUT2D eigenvalue weighted by Gasteiger charge is -2.40. The maximum absolute atomic E-state index is 13.5. The normalized spacial score (nSPS) is 15.8. The third-order valence-corrected chi connectivity index (χ3v) is 6.38. The van der Waals surface area contributed by atoms with E-state index >= 15 is 0 Å². The number of likely N-dealkylation sites (tertiary alicyclic amines) is 1. The van der Waals surface area contributed by atoms with Gasteiger partial charge >= 0.3 is 6.03 Å². The fourth-order valence-electron chi connectivity index (χ4n) is 4.47. The number of amides is 2. The van der Waals surface area contributed by atoms with Crippen LogP contribution in [-0.2, 0) is 6.54 Å². The van der Waals surface area contributed by atoms with Gasteiger partial charge in [0.2, 0.25) is 0 Å². The largest absolute Gasteiger partial charge is 0.497 e. The fraction of sp³-hybridized carbons (Fsp3) is 0.500. The molecule has 2 aromatic rings. The second-order valence-electron chi connectivity index (χ2n) is 8.51. The minimum atomic E-state index is -0.0997. The van der Waals surface area contributed by atoms with Gasteiger partial charge in [0.1, 0.15) is 11.5 Å². The Morgan fingerprint density at radius 2 is 1.84 bits per heavy atom. The highest BCUT2D eigenvalue weighted by molar-refractivity contribution is 5.91. The number of rotatable bonds is 9. The van der Waals surface area contributed by atoms with E-state index in [0.29, 0.717) is 29.8 Å². The molecule has 0 saturated carbocycles. The average molecular weight is 440 g/mol. The summed E-state index contributed by atoms with van der Waals surface area (Å²) in [5.41, 5.74) is 1.77. The van der Waals surface area contributed by atoms with Gasteiger partial charge in [-0.3, -0.25) is 0 Å². The van der Waals surface area contributed by atoms with Crippen molar-refractivity contribution in [1.82, 2.24) is 9.80 Å². The minimum Gasteiger partial charge on any atom is -0.497 e. The van der Waals surface area contributed by atoms with Gasteiger partial charge < -0.3 is 24.6 Å². The van der Waals surface area contributed by atoms with E-state index in [1.807, 2.05) is 35.2 Å². The number of benzene rings is 2. The number of carbonyl (C=O) groups excluding carboxylic acids is 1. The lowest BCUT2D eigenvalue weighted by atomic mass is 10.00. The van der Waals surface area contributed by atoms with Crippen LogP contribution >= 0.6 is 0 Å². The maximum Gasteiger partial charge on any atom is 0.322 e. The Bertz CT molecular complexity index is 851. The molecule has 2 amide bonds. The molecule has 1 N–H and O–H groups in total. The summed E-state index contributed by atoms with van der Waals surface area (Å²) in [7, 11) is 3.21. The number of piperidine rings is 1. The summed E-state index contributed by atoms with van der Waals surface area (Å²) in [4.78, 5) is 18.0. The molecular formula is C26H37N3O3. The van der Waals surface area contributed by atoms with Crippen LogP contribution in [-0.4, -0.2) is 55.2 Å². The molecule has 0 aromatic heterocycles. The first-order valence-electron chi connectivity index (χ1n) is 11.6. The van der Waals surface area contributed by atoms with E-state index < -0.39 is 0 Å². The Hall–Kier alpha value is -2.73. The van der Waals surface area contributed by atoms with Gasteiger partial charge in [0.15, 0.2) is 0 Å². The first-order valence-corrected chi connectivity index (χ1v) is 11.6. The van der Waals surface area contributed by atoms with Gasteiger partial charge in [-0.15, -0.1) is 0 Å². The molecule has 0 spiro atoms. The zero-order chi connectivity index (χ0) is 22.9. The molecule has 1 atom stereocenters. The third-order valence-electron chi connectivity index (χ3n) is 6.38. The summed E-state index contributed by atoms with van der Waals surface area (Å²) in [5.74, 6) is 1.27. The van der Waals surface area contributed by atoms with Crippen LogP contribution in [0.15, 0.2) is 48.5 Å². The van der Waals surface area contributed by atoms with E-state index in [2.05, 4.69) is 36.2 Å². The summed E-state index contributed by atoms with van der Waals surface area (Å²) in [6, 6.07) is 16.3. The second-order valence-corrected chi connectivity index (χ2v) is 8.51. The molecule has 174 valence electrons. The number of nitrogens with one attached hydrogen (secondary N) is 1. The van der Waals surface area contributed by atoms with E-state index in [0.717, 1.165) is 31.5 Å². The Morgan fingerprint density at radius 3 is 2.47 bits per heavy atom. The maximum atomic E-state index is 13.5. The molecule has 0 bridgehead atoms. The van der Waals surface area contributed by atoms with Gasteiger partial charge in [0, 0.05) is 37.8 Å². The molecule has 1 fully saturated rings. The molecule has 1 heterocycles. The van der Waals surface area contributed by atoms with E-state index in [1.54, 1.807) is 20.3 Å². The van der Waals surface area contributed by atoms with Crippen molar-refractivity contribution in [3.8, 4) is 11.5 Å². The molecule has 3 rings (SSSR count). The number of hydrogen-bond donors (Lipinski definition) is 1. The zero-order valence-corrected chi connectivity index (χ0v) is 19.8. The summed E-state index contributed by atoms with van der Waals surface area (Å²) >= 11 is 0. The van der Waals surface area contributed by atoms with Crippen LogP contribution in [0, 0.1) is 0 Å². The Balaban J connectivity index is 1.75. The summed E-state index contributed by atoms with van der Waals surface area (Å²) in [5, 5.41) is 3.08. The molecule has 6 heteroatoms. The molecule has 1 unspecified atom stereocenters. The number of methoxy groups -OCH3 is 2. The topological polar surface area (TPSA) is 54.0 Å². The van der Waals surface area contributed by atoms with E-state index in [9.17, 15) is 4.79 Å². The Labute approximate surface area is 192 Å². The highest BCUT2D eigenvalue weighted by Gasteiger charge is 2.30. The average Bonchev–Trinajstić information content (AvgIpc) is 2.83. The lowest BCUT2D eigenvalue weighted by Crippen LogP contribution is -2.50. The minimum absolute atomic E-state index is 0.0997. The van der Waals surface area contributed by atoms with Crippen LogP contribution in [0.5, 0.6) is 11.5 Å². The molecule has 1 aliphatic rings. The van der Waals surface area contributed by atoms with Crippen LogP contribution in [0.1, 0.15) is 45.1 Å². The molecule has 0 radical (unpaired) electrons. The van der Waals surface area contributed by atoms with E-state index in [1.165, 1.54) is 12.8 Å². The summed E-state index contributed by atoms with van der Waals surface area (Å²) < 4.78 is 10.8. The van der Waals surface area contributed by atoms with Gasteiger partial charge in [-0.05, 0) is 43.9 Å². The molecule has 6 nitrogen and oxygen atoms in total. The number of anilines is 1. The Morgan fingerprint density at radius 1 is 1.12 bits per heavy atom. The van der Waals surface area contributed by atoms with Gasteiger partial charge in [-0.1, -0.05) is 43.7 Å². The van der Waals surface area contributed by atoms with Crippen molar-refractivity contribution < 1.29 is 14.3 Å². The van der Waals surface area contributed by atoms with Crippen molar-refractivity contribution in [2.45, 2.75) is 58.2 Å². The van der Waals surface area contributed by atoms with Crippen molar-refractivity contribution in [2.75, 3.05) is 32.6 Å². The predicted molar refractivity (Wildman–Crippen MR) is 130 cm³/mol. The van der Waals surface area contributed by atoms with Gasteiger partial charge in [0.05, 0.1) is 19.9 Å². The van der Waals surface area contributed by atoms with Crippen molar-refractivity contribution in [2.24, 2.45) is 0 Å². The van der Waals surface area contributed by atoms with Crippen LogP contribution in [0.2, 0.25) is 0 Å². The van der Waals surface area contributed by atoms with Crippen molar-refractivity contribution in [3.05, 3.63) is 54.1 Å². The van der Waals surface area contributed by atoms with Gasteiger partial charge in [-0.25, -0.2) is 4.79 Å². The SMILES string of the molecule is CCCC(C)N1CCC(N(Cc2ccccc2)C(=O)Nc2ccc(OC)cc2OC)CC1. The third kappa shape index (κ3) is 6.16. The first kappa shape index (κ1) is 23.9. The molecular weight excluding hydrogens is 402 g/mol. The van der Waals surface area contributed by atoms with Crippen molar-refractivity contribution >= 4 is 11.7 Å². The van der Waals surface area contributed by atoms with Crippen molar-refractivity contribution in [3.63, 3.8) is 0 Å². The standard InChI is InChI=1S/C26H37N3O3/c1-5-9-20(2)28-16-14-22(15-17-28)29(19-21-10-7-6-8-11-21)26(30)27-24-13-12-23(31-3)18-25(24)32-4/h6-8,10-13,18,20,22H,5,9,14-17,19H2,1-4H3,(H,27,30). The van der Waals surface area contributed by atoms with E-state index in [-0.39, 0.29) is 12.1 Å². The lowest BCUT2D eigenvalue weighted by molar-refractivity contribution is 0.0989. The van der Waals surface area contributed by atoms with Crippen LogP contribution in [0.3, 0.4) is 0 Å². The van der Waals surface area contributed by atoms with Gasteiger partial charge in [-0.2, -0.15) is 0 Å². The van der Waals surface area contributed by atoms with Crippen LogP contribution in [0.25, 0.3) is 0 Å². The highest BCUT2D eigenvalue weighted by Crippen LogP contribution is 2.30. The predicted octanol–water partition coefficient (Wildman–Crippen LogP) is 5.39. The Kier molecular flexibility index (Phi) is 8.80. The first-order chi connectivity index (χ1) is 15.5. The fourth-order valence-corrected chi connectivity index (χ4v) is 4.47. The van der Waals surface area contributed by atoms with Crippen molar-refractivity contribution in [1.29, 1.82) is 0 Å². The monoisotopic (exact) mass is 439 g/mol. The highest BCUT2D eigenvalue weighted by atomic mass is 16.5. The smallest absolute Gasteiger partial charge is 0.322 e. The second kappa shape index (κ2) is 11.8. The zero-order valence-electron chi connectivity index (χ0n) is 19.8. The summed E-state index contributed by atoms with van der Waals surface area (Å²) in [6.45, 7) is 7.18. The number of carbonyl (C=O) groups is 1. The quantitative estimate of drug-likeness (QED) is 0.569. The molecule has 32 heavy (non-hydrogen) atoms. The van der Waals surface area contributed by atoms with Gasteiger partial charge in [0.25, 0.3) is 0 Å². The molecule has 1 saturated heterocycles. The van der Waals surface area contributed by atoms with E-state index in [4.69, 9.17) is 9.47 Å². The number of nitrogens with zero attached hydrogens (tertiary/aromatic N) is 2. The number of urea groups is 1. The van der Waals surface area contributed by atoms with Crippen LogP contribution in [0.4, 0.5) is 10.5 Å².